The number of fused-ring (bicyclic) bond motifs is 1. The lowest BCUT2D eigenvalue weighted by Gasteiger charge is -2.38. The van der Waals surface area contributed by atoms with Crippen LogP contribution in [0, 0.1) is 0 Å². The molecule has 0 amide bonds. The number of carboxylic acids is 1. The van der Waals surface area contributed by atoms with Gasteiger partial charge in [0.15, 0.2) is 6.10 Å². The lowest BCUT2D eigenvalue weighted by molar-refractivity contribution is -0.292. The summed E-state index contributed by atoms with van der Waals surface area (Å²) < 4.78 is 6.14. The minimum Gasteiger partial charge on any atom is -0.479 e. The predicted octanol–water partition coefficient (Wildman–Crippen LogP) is 0.922. The monoisotopic (exact) mass is 411 g/mol. The zero-order valence-corrected chi connectivity index (χ0v) is 14.5. The van der Waals surface area contributed by atoms with E-state index in [1.165, 1.54) is 12.3 Å². The van der Waals surface area contributed by atoms with E-state index in [0.29, 0.717) is 10.4 Å². The summed E-state index contributed by atoms with van der Waals surface area (Å²) in [5, 5.41) is 39.6. The molecule has 0 unspecified atom stereocenters. The van der Waals surface area contributed by atoms with Crippen LogP contribution in [0.5, 0.6) is 0 Å². The van der Waals surface area contributed by atoms with Gasteiger partial charge in [-0.3, -0.25) is 0 Å². The summed E-state index contributed by atoms with van der Waals surface area (Å²) in [6.07, 6.45) is -7.29. The van der Waals surface area contributed by atoms with E-state index >= 15 is 0 Å². The molecule has 0 aliphatic carbocycles. The Balaban J connectivity index is 1.96. The number of halogens is 3. The number of ether oxygens (including phenoxy) is 1. The van der Waals surface area contributed by atoms with Gasteiger partial charge in [-0.05, 0) is 12.1 Å². The summed E-state index contributed by atoms with van der Waals surface area (Å²) in [4.78, 5) is 16.5. The standard InChI is InChI=1S/C14H12Cl3NO7/c15-5-3-6(16)7(17)8-4(5)1-2-18(8)25-14-11(21)9(19)10(20)12(24-14)13(22)23/h1-3,9-12,14,19-21H,(H,22,23)/t9-,10-,11+,12-,14-/m0/s1. The van der Waals surface area contributed by atoms with Gasteiger partial charge in [-0.25, -0.2) is 4.79 Å². The van der Waals surface area contributed by atoms with Crippen molar-refractivity contribution in [2.75, 3.05) is 0 Å². The van der Waals surface area contributed by atoms with E-state index < -0.39 is 36.7 Å². The van der Waals surface area contributed by atoms with Crippen molar-refractivity contribution in [3.05, 3.63) is 33.4 Å². The number of aliphatic hydroxyl groups is 3. The summed E-state index contributed by atoms with van der Waals surface area (Å²) in [6.45, 7) is 0. The van der Waals surface area contributed by atoms with Crippen molar-refractivity contribution in [1.82, 2.24) is 4.73 Å². The van der Waals surface area contributed by atoms with Gasteiger partial charge < -0.3 is 30.0 Å². The number of benzene rings is 1. The number of aromatic nitrogens is 1. The van der Waals surface area contributed by atoms with Crippen molar-refractivity contribution in [3.63, 3.8) is 0 Å². The fourth-order valence-electron chi connectivity index (χ4n) is 2.53. The van der Waals surface area contributed by atoms with Crippen molar-refractivity contribution in [2.24, 2.45) is 0 Å². The van der Waals surface area contributed by atoms with Gasteiger partial charge in [0.1, 0.15) is 23.8 Å². The normalized spacial score (nSPS) is 29.8. The Morgan fingerprint density at radius 3 is 2.44 bits per heavy atom. The molecule has 11 heteroatoms. The Morgan fingerprint density at radius 2 is 1.80 bits per heavy atom. The number of carboxylic acid groups (broad SMARTS) is 1. The highest BCUT2D eigenvalue weighted by Gasteiger charge is 2.48. The van der Waals surface area contributed by atoms with E-state index in [0.717, 1.165) is 4.73 Å². The molecule has 3 rings (SSSR count). The minimum absolute atomic E-state index is 0.117. The molecule has 1 saturated heterocycles. The van der Waals surface area contributed by atoms with E-state index in [2.05, 4.69) is 0 Å². The van der Waals surface area contributed by atoms with Gasteiger partial charge in [-0.2, -0.15) is 4.73 Å². The summed E-state index contributed by atoms with van der Waals surface area (Å²) in [5.74, 6) is -1.52. The van der Waals surface area contributed by atoms with Gasteiger partial charge in [-0.15, -0.1) is 0 Å². The molecule has 0 saturated carbocycles. The molecule has 1 aromatic heterocycles. The number of carbonyl (C=O) groups is 1. The Bertz CT molecular complexity index is 826. The van der Waals surface area contributed by atoms with Gasteiger partial charge in [0, 0.05) is 11.6 Å². The SMILES string of the molecule is O=C(O)[C@H]1O[C@@H](On2ccc3c(Cl)cc(Cl)c(Cl)c32)[C@H](O)[C@@H](O)[C@@H]1O. The Hall–Kier alpha value is -1.26. The number of aliphatic hydroxyl groups excluding tert-OH is 3. The van der Waals surface area contributed by atoms with Crippen LogP contribution in [0.25, 0.3) is 10.9 Å². The zero-order valence-electron chi connectivity index (χ0n) is 12.2. The third-order valence-electron chi connectivity index (χ3n) is 3.81. The van der Waals surface area contributed by atoms with E-state index in [9.17, 15) is 20.1 Å². The molecule has 1 aliphatic rings. The second-order valence-corrected chi connectivity index (χ2v) is 6.59. The third-order valence-corrected chi connectivity index (χ3v) is 4.90. The maximum absolute atomic E-state index is 11.1. The Morgan fingerprint density at radius 1 is 1.12 bits per heavy atom. The van der Waals surface area contributed by atoms with Crippen molar-refractivity contribution < 1.29 is 34.8 Å². The van der Waals surface area contributed by atoms with Crippen molar-refractivity contribution in [2.45, 2.75) is 30.7 Å². The van der Waals surface area contributed by atoms with E-state index in [1.807, 2.05) is 0 Å². The molecule has 1 aliphatic heterocycles. The average Bonchev–Trinajstić information content (AvgIpc) is 2.97. The average molecular weight is 413 g/mol. The number of aliphatic carboxylic acids is 1. The van der Waals surface area contributed by atoms with E-state index in [4.69, 9.17) is 49.5 Å². The maximum atomic E-state index is 11.1. The van der Waals surface area contributed by atoms with Crippen LogP contribution >= 0.6 is 34.8 Å². The molecule has 8 nitrogen and oxygen atoms in total. The van der Waals surface area contributed by atoms with Crippen LogP contribution in [0.1, 0.15) is 0 Å². The smallest absolute Gasteiger partial charge is 0.335 e. The van der Waals surface area contributed by atoms with Gasteiger partial charge in [0.2, 0.25) is 0 Å². The molecule has 2 aromatic rings. The first kappa shape index (κ1) is 18.5. The lowest BCUT2D eigenvalue weighted by atomic mass is 9.99. The highest BCUT2D eigenvalue weighted by atomic mass is 35.5. The first-order valence-electron chi connectivity index (χ1n) is 6.96. The van der Waals surface area contributed by atoms with E-state index in [-0.39, 0.29) is 15.6 Å². The van der Waals surface area contributed by atoms with Crippen LogP contribution in [-0.2, 0) is 9.53 Å². The van der Waals surface area contributed by atoms with Crippen LogP contribution in [-0.4, -0.2) is 61.8 Å². The van der Waals surface area contributed by atoms with E-state index in [1.54, 1.807) is 6.07 Å². The second-order valence-electron chi connectivity index (χ2n) is 5.40. The number of hydrogen-bond donors (Lipinski definition) is 4. The molecule has 4 N–H and O–H groups in total. The van der Waals surface area contributed by atoms with Gasteiger partial charge in [0.05, 0.1) is 15.1 Å². The molecule has 1 aromatic carbocycles. The molecule has 0 radical (unpaired) electrons. The van der Waals surface area contributed by atoms with Crippen LogP contribution in [0.4, 0.5) is 0 Å². The largest absolute Gasteiger partial charge is 0.479 e. The molecular formula is C14H12Cl3NO7. The topological polar surface area (TPSA) is 121 Å². The molecule has 136 valence electrons. The maximum Gasteiger partial charge on any atom is 0.335 e. The van der Waals surface area contributed by atoms with Gasteiger partial charge in [0.25, 0.3) is 6.29 Å². The molecule has 0 spiro atoms. The summed E-state index contributed by atoms with van der Waals surface area (Å²) in [5.41, 5.74) is 0.266. The summed E-state index contributed by atoms with van der Waals surface area (Å²) in [7, 11) is 0. The van der Waals surface area contributed by atoms with Gasteiger partial charge >= 0.3 is 5.97 Å². The third kappa shape index (κ3) is 3.15. The number of rotatable bonds is 3. The molecule has 5 atom stereocenters. The minimum atomic E-state index is -1.82. The van der Waals surface area contributed by atoms with Crippen LogP contribution < -0.4 is 4.84 Å². The molecular weight excluding hydrogens is 401 g/mol. The number of hydrogen-bond acceptors (Lipinski definition) is 6. The quantitative estimate of drug-likeness (QED) is 0.553. The Kier molecular flexibility index (Phi) is 5.04. The lowest BCUT2D eigenvalue weighted by Crippen LogP contribution is -2.62. The molecule has 1 fully saturated rings. The molecule has 0 bridgehead atoms. The Labute approximate surface area is 155 Å². The van der Waals surface area contributed by atoms with Gasteiger partial charge in [-0.1, -0.05) is 34.8 Å². The highest BCUT2D eigenvalue weighted by molar-refractivity contribution is 6.47. The first-order valence-corrected chi connectivity index (χ1v) is 8.10. The summed E-state index contributed by atoms with van der Waals surface area (Å²) in [6, 6.07) is 3.01. The highest BCUT2D eigenvalue weighted by Crippen LogP contribution is 2.36. The van der Waals surface area contributed by atoms with Crippen molar-refractivity contribution in [1.29, 1.82) is 0 Å². The predicted molar refractivity (Wildman–Crippen MR) is 87.9 cm³/mol. The zero-order chi connectivity index (χ0) is 18.5. The summed E-state index contributed by atoms with van der Waals surface area (Å²) >= 11 is 18.2. The first-order chi connectivity index (χ1) is 11.7. The number of nitrogens with zero attached hydrogens (tertiary/aromatic N) is 1. The van der Waals surface area contributed by atoms with Crippen molar-refractivity contribution in [3.8, 4) is 0 Å². The van der Waals surface area contributed by atoms with Crippen LogP contribution in [0.15, 0.2) is 18.3 Å². The van der Waals surface area contributed by atoms with Crippen LogP contribution in [0.2, 0.25) is 15.1 Å². The molecule has 25 heavy (non-hydrogen) atoms. The second kappa shape index (κ2) is 6.81. The fraction of sp³-hybridized carbons (Fsp3) is 0.357. The molecule has 2 heterocycles. The van der Waals surface area contributed by atoms with Crippen LogP contribution in [0.3, 0.4) is 0 Å². The van der Waals surface area contributed by atoms with Crippen molar-refractivity contribution >= 4 is 51.7 Å². The fourth-order valence-corrected chi connectivity index (χ4v) is 3.28.